The number of phenolic OH excluding ortho intramolecular Hbond substituents is 2. The first-order chi connectivity index (χ1) is 33.0. The van der Waals surface area contributed by atoms with E-state index in [4.69, 9.17) is 39.4 Å². The second-order valence-corrected chi connectivity index (χ2v) is 24.5. The molecule has 2 heterocycles. The Labute approximate surface area is 409 Å². The van der Waals surface area contributed by atoms with Crippen LogP contribution in [0.3, 0.4) is 0 Å². The van der Waals surface area contributed by atoms with Gasteiger partial charge < -0.3 is 48.4 Å². The van der Waals surface area contributed by atoms with Gasteiger partial charge in [0.05, 0.1) is 53.2 Å². The topological polar surface area (TPSA) is 145 Å². The number of fused-ring (bicyclic) bond motifs is 4. The van der Waals surface area contributed by atoms with Crippen LogP contribution in [0.1, 0.15) is 85.0 Å². The van der Waals surface area contributed by atoms with Gasteiger partial charge in [0.15, 0.2) is 31.3 Å². The molecule has 4 aromatic carbocycles. The first kappa shape index (κ1) is 51.3. The lowest BCUT2D eigenvalue weighted by Crippen LogP contribution is -2.60. The Morgan fingerprint density at radius 3 is 2.07 bits per heavy atom. The van der Waals surface area contributed by atoms with Crippen LogP contribution in [0, 0.1) is 20.4 Å². The number of hydrogen-bond acceptors (Lipinski definition) is 12. The molecule has 7 rings (SSSR count). The molecule has 1 amide bonds. The Morgan fingerprint density at radius 2 is 1.49 bits per heavy atom. The van der Waals surface area contributed by atoms with Crippen molar-refractivity contribution in [1.82, 2.24) is 15.1 Å². The fraction of sp³-hybridized carbons (Fsp3) is 0.519. The highest BCUT2D eigenvalue weighted by Crippen LogP contribution is 2.52. The van der Waals surface area contributed by atoms with Crippen molar-refractivity contribution in [2.45, 2.75) is 115 Å². The molecule has 3 aliphatic rings. The third-order valence-electron chi connectivity index (χ3n) is 15.4. The third kappa shape index (κ3) is 9.84. The van der Waals surface area contributed by atoms with Gasteiger partial charge in [-0.15, -0.1) is 0 Å². The summed E-state index contributed by atoms with van der Waals surface area (Å²) in [4.78, 5) is 23.2. The number of rotatable bonds is 18. The molecule has 372 valence electrons. The first-order valence-electron chi connectivity index (χ1n) is 24.1. The van der Waals surface area contributed by atoms with Crippen LogP contribution in [-0.4, -0.2) is 127 Å². The molecule has 0 aromatic heterocycles. The van der Waals surface area contributed by atoms with Crippen molar-refractivity contribution in [2.75, 3.05) is 68.4 Å². The molecule has 0 radical (unpaired) electrons. The highest BCUT2D eigenvalue weighted by atomic mass is 28.4. The number of ether oxygens (including phenoxy) is 6. The summed E-state index contributed by atoms with van der Waals surface area (Å²) in [5.41, 5.74) is 8.28. The van der Waals surface area contributed by atoms with E-state index in [-0.39, 0.29) is 48.0 Å². The Hall–Kier alpha value is -5.50. The van der Waals surface area contributed by atoms with E-state index >= 15 is 0 Å². The highest BCUT2D eigenvalue weighted by Gasteiger charge is 2.49. The molecule has 1 aliphatic carbocycles. The summed E-state index contributed by atoms with van der Waals surface area (Å²) < 4.78 is 42.9. The Bertz CT molecular complexity index is 2470. The molecule has 0 spiro atoms. The van der Waals surface area contributed by atoms with Crippen LogP contribution in [0.25, 0.3) is 16.0 Å². The number of aromatic hydroxyl groups is 2. The first-order valence-corrected chi connectivity index (χ1v) is 26.7. The van der Waals surface area contributed by atoms with Crippen LogP contribution in [-0.2, 0) is 26.7 Å². The van der Waals surface area contributed by atoms with Gasteiger partial charge in [0.1, 0.15) is 24.1 Å². The second-order valence-electron chi connectivity index (χ2n) is 19.5. The number of hydrogen-bond donors (Lipinski definition) is 3. The van der Waals surface area contributed by atoms with Crippen LogP contribution in [0.4, 0.5) is 4.79 Å². The van der Waals surface area contributed by atoms with Gasteiger partial charge in [0, 0.05) is 59.9 Å². The molecule has 2 aliphatic heterocycles. The lowest BCUT2D eigenvalue weighted by molar-refractivity contribution is -0.0597. The zero-order valence-corrected chi connectivity index (χ0v) is 43.5. The molecular weight excluding hydrogens is 893 g/mol. The molecule has 1 fully saturated rings. The van der Waals surface area contributed by atoms with Gasteiger partial charge in [0.25, 0.3) is 6.17 Å². The van der Waals surface area contributed by atoms with Gasteiger partial charge in [-0.3, -0.25) is 9.74 Å². The molecular formula is C54H72N4O10Si. The van der Waals surface area contributed by atoms with Crippen molar-refractivity contribution >= 4 is 14.4 Å². The minimum Gasteiger partial charge on any atom is -0.504 e. The quantitative estimate of drug-likeness (QED) is 0.0645. The number of carbonyl (C=O) groups is 1. The van der Waals surface area contributed by atoms with Crippen molar-refractivity contribution in [3.63, 3.8) is 0 Å². The summed E-state index contributed by atoms with van der Waals surface area (Å²) in [6, 6.07) is 15.8. The lowest BCUT2D eigenvalue weighted by atomic mass is 9.79. The highest BCUT2D eigenvalue weighted by molar-refractivity contribution is 6.75. The predicted octanol–water partition coefficient (Wildman–Crippen LogP) is 9.54. The number of carbonyl (C=O) groups excluding carboxylic acids is 1. The number of likely N-dealkylation sites (N-methyl/N-ethyl adjacent to an activating group) is 1. The van der Waals surface area contributed by atoms with E-state index in [9.17, 15) is 15.0 Å². The zero-order chi connectivity index (χ0) is 49.9. The van der Waals surface area contributed by atoms with Gasteiger partial charge in [-0.05, 0) is 79.7 Å². The van der Waals surface area contributed by atoms with Crippen LogP contribution in [0.5, 0.6) is 34.5 Å². The fourth-order valence-corrected chi connectivity index (χ4v) is 13.8. The Balaban J connectivity index is 1.28. The van der Waals surface area contributed by atoms with Crippen molar-refractivity contribution in [3.05, 3.63) is 105 Å². The standard InChI is InChI=1S/C54H72N4O10Si/c1-31(2)69(13,32(3)4)68-24-22-36-29-58(23-25-66-36)53(55-7)44-28-41-46(48(60)52(65-12)34(6)50(41)63-10)47(57(44)8)43(26-35-27-45(59)51(64-11)33(5)49(35)62-9)56-54(61)67-30-42-39-20-16-14-18-37(39)38-19-15-17-21-40(38)42/h14-21,27,31-32,36,42-44,47,53,59-60H,22-26,28-30H2,1-6,8-13H3,(H,56,61)/t36-,43?,44?,47?,53-/m0/s1. The molecule has 14 nitrogen and oxygen atoms in total. The van der Waals surface area contributed by atoms with E-state index in [0.29, 0.717) is 89.5 Å². The Morgan fingerprint density at radius 1 is 0.899 bits per heavy atom. The number of nitrogens with zero attached hydrogens (tertiary/aromatic N) is 3. The second kappa shape index (κ2) is 21.6. The number of morpholine rings is 1. The summed E-state index contributed by atoms with van der Waals surface area (Å²) in [6.07, 6.45) is -0.315. The molecule has 3 unspecified atom stereocenters. The van der Waals surface area contributed by atoms with Gasteiger partial charge in [-0.2, -0.15) is 0 Å². The van der Waals surface area contributed by atoms with E-state index in [1.807, 2.05) is 38.2 Å². The number of methoxy groups -OCH3 is 4. The third-order valence-corrected chi connectivity index (χ3v) is 20.8. The van der Waals surface area contributed by atoms with Crippen molar-refractivity contribution in [2.24, 2.45) is 0 Å². The van der Waals surface area contributed by atoms with E-state index in [0.717, 1.165) is 22.3 Å². The molecule has 1 saturated heterocycles. The largest absolute Gasteiger partial charge is 0.504 e. The van der Waals surface area contributed by atoms with Crippen LogP contribution >= 0.6 is 0 Å². The summed E-state index contributed by atoms with van der Waals surface area (Å²) in [6.45, 7) is 26.0. The van der Waals surface area contributed by atoms with Crippen molar-refractivity contribution < 1.29 is 47.9 Å². The molecule has 15 heteroatoms. The average Bonchev–Trinajstić information content (AvgIpc) is 3.65. The normalized spacial score (nSPS) is 19.3. The number of amides is 1. The Kier molecular flexibility index (Phi) is 16.1. The summed E-state index contributed by atoms with van der Waals surface area (Å²) in [5, 5.41) is 27.0. The zero-order valence-electron chi connectivity index (χ0n) is 42.5. The lowest BCUT2D eigenvalue weighted by Gasteiger charge is -2.47. The molecule has 69 heavy (non-hydrogen) atoms. The van der Waals surface area contributed by atoms with E-state index in [1.54, 1.807) is 27.2 Å². The minimum atomic E-state index is -1.98. The molecule has 0 saturated carbocycles. The summed E-state index contributed by atoms with van der Waals surface area (Å²) in [5.74, 6) is 1.13. The molecule has 5 atom stereocenters. The minimum absolute atomic E-state index is 0.0730. The number of benzene rings is 4. The number of nitrogens with one attached hydrogen (secondary N) is 1. The van der Waals surface area contributed by atoms with E-state index in [2.05, 4.69) is 78.5 Å². The maximum absolute atomic E-state index is 14.6. The average molecular weight is 965 g/mol. The van der Waals surface area contributed by atoms with Crippen LogP contribution < -0.4 is 24.3 Å². The predicted molar refractivity (Wildman–Crippen MR) is 270 cm³/mol. The van der Waals surface area contributed by atoms with E-state index in [1.165, 1.54) is 14.2 Å². The fourth-order valence-electron chi connectivity index (χ4n) is 11.3. The number of alkyl carbamates (subject to hydrolysis) is 1. The SMILES string of the molecule is [C-]#[N+][C@H](C1Cc2c(OC)c(C)c(OC)c(O)c2C(C(Cc2cc(O)c(OC)c(C)c2OC)NC(=O)OCC2c3ccccc3-c3ccccc32)N1C)N1CCO[C@@H](CCO[Si](C)(C(C)C)C(C)C)C1. The van der Waals surface area contributed by atoms with Gasteiger partial charge in [-0.1, -0.05) is 76.2 Å². The maximum atomic E-state index is 14.6. The summed E-state index contributed by atoms with van der Waals surface area (Å²) in [7, 11) is 6.09. The molecule has 4 aromatic rings. The van der Waals surface area contributed by atoms with Gasteiger partial charge in [0.2, 0.25) is 0 Å². The maximum Gasteiger partial charge on any atom is 0.407 e. The van der Waals surface area contributed by atoms with E-state index < -0.39 is 38.7 Å². The van der Waals surface area contributed by atoms with Crippen molar-refractivity contribution in [1.29, 1.82) is 0 Å². The monoisotopic (exact) mass is 965 g/mol. The summed E-state index contributed by atoms with van der Waals surface area (Å²) >= 11 is 0. The smallest absolute Gasteiger partial charge is 0.407 e. The number of phenols is 2. The van der Waals surface area contributed by atoms with Gasteiger partial charge >= 0.3 is 6.09 Å². The van der Waals surface area contributed by atoms with Gasteiger partial charge in [-0.25, -0.2) is 16.3 Å². The van der Waals surface area contributed by atoms with Crippen molar-refractivity contribution in [3.8, 4) is 45.6 Å². The molecule has 0 bridgehead atoms. The van der Waals surface area contributed by atoms with Crippen LogP contribution in [0.2, 0.25) is 17.6 Å². The molecule has 3 N–H and O–H groups in total. The van der Waals surface area contributed by atoms with Crippen LogP contribution in [0.15, 0.2) is 54.6 Å².